The maximum Gasteiger partial charge on any atom is 0.245 e. The van der Waals surface area contributed by atoms with Crippen molar-refractivity contribution in [2.45, 2.75) is 39.4 Å². The van der Waals surface area contributed by atoms with Crippen molar-refractivity contribution in [1.82, 2.24) is 15.2 Å². The molecule has 2 unspecified atom stereocenters. The molecule has 6 heteroatoms. The maximum absolute atomic E-state index is 12.2. The van der Waals surface area contributed by atoms with E-state index in [0.717, 1.165) is 5.69 Å². The number of nitrogens with one attached hydrogen (secondary N) is 1. The number of aromatic nitrogens is 1. The summed E-state index contributed by atoms with van der Waals surface area (Å²) in [4.78, 5) is 30.0. The minimum atomic E-state index is -0.453. The molecule has 1 saturated heterocycles. The Bertz CT molecular complexity index is 444. The van der Waals surface area contributed by atoms with Crippen LogP contribution in [0.5, 0.6) is 0 Å². The summed E-state index contributed by atoms with van der Waals surface area (Å²) < 4.78 is 0. The highest BCUT2D eigenvalue weighted by atomic mass is 32.1. The van der Waals surface area contributed by atoms with E-state index in [4.69, 9.17) is 0 Å². The highest BCUT2D eigenvalue weighted by Gasteiger charge is 2.40. The van der Waals surface area contributed by atoms with Crippen molar-refractivity contribution >= 4 is 23.2 Å². The van der Waals surface area contributed by atoms with E-state index in [1.165, 1.54) is 11.3 Å². The van der Waals surface area contributed by atoms with Crippen LogP contribution in [0.15, 0.2) is 10.9 Å². The van der Waals surface area contributed by atoms with Gasteiger partial charge in [0, 0.05) is 5.38 Å². The average molecular weight is 267 g/mol. The minimum absolute atomic E-state index is 0.0405. The summed E-state index contributed by atoms with van der Waals surface area (Å²) >= 11 is 1.49. The van der Waals surface area contributed by atoms with Crippen LogP contribution in [0.2, 0.25) is 0 Å². The zero-order chi connectivity index (χ0) is 13.3. The van der Waals surface area contributed by atoms with Crippen LogP contribution in [0.4, 0.5) is 0 Å². The van der Waals surface area contributed by atoms with Crippen LogP contribution in [0.25, 0.3) is 0 Å². The standard InChI is InChI=1S/C12H17N3O2S/c1-7(2)10-11(16)14-8(3)12(17)15(10)4-9-5-18-6-13-9/h5-8,10H,4H2,1-3H3,(H,14,16). The Hall–Kier alpha value is -1.43. The predicted octanol–water partition coefficient (Wildman–Crippen LogP) is 1.01. The van der Waals surface area contributed by atoms with Gasteiger partial charge in [-0.1, -0.05) is 13.8 Å². The van der Waals surface area contributed by atoms with Crippen molar-refractivity contribution in [3.8, 4) is 0 Å². The van der Waals surface area contributed by atoms with Gasteiger partial charge in [-0.15, -0.1) is 11.3 Å². The van der Waals surface area contributed by atoms with Crippen LogP contribution in [0.1, 0.15) is 26.5 Å². The van der Waals surface area contributed by atoms with Crippen molar-refractivity contribution in [2.24, 2.45) is 5.92 Å². The molecular formula is C12H17N3O2S. The second-order valence-corrected chi connectivity index (χ2v) is 5.58. The summed E-state index contributed by atoms with van der Waals surface area (Å²) in [6.07, 6.45) is 0. The highest BCUT2D eigenvalue weighted by molar-refractivity contribution is 7.07. The van der Waals surface area contributed by atoms with Gasteiger partial charge in [0.1, 0.15) is 12.1 Å². The first-order valence-corrected chi connectivity index (χ1v) is 6.93. The fraction of sp³-hybridized carbons (Fsp3) is 0.583. The normalized spacial score (nSPS) is 24.6. The Balaban J connectivity index is 2.25. The van der Waals surface area contributed by atoms with Gasteiger partial charge in [0.15, 0.2) is 0 Å². The van der Waals surface area contributed by atoms with Crippen LogP contribution in [0, 0.1) is 5.92 Å². The quantitative estimate of drug-likeness (QED) is 0.889. The molecule has 2 rings (SSSR count). The fourth-order valence-corrected chi connectivity index (χ4v) is 2.77. The van der Waals surface area contributed by atoms with Gasteiger partial charge in [-0.25, -0.2) is 4.98 Å². The summed E-state index contributed by atoms with van der Waals surface area (Å²) in [7, 11) is 0. The molecule has 1 aromatic heterocycles. The van der Waals surface area contributed by atoms with E-state index < -0.39 is 12.1 Å². The molecule has 1 fully saturated rings. The second-order valence-electron chi connectivity index (χ2n) is 4.87. The van der Waals surface area contributed by atoms with Gasteiger partial charge in [0.2, 0.25) is 11.8 Å². The van der Waals surface area contributed by atoms with Crippen molar-refractivity contribution in [2.75, 3.05) is 0 Å². The molecule has 18 heavy (non-hydrogen) atoms. The van der Waals surface area contributed by atoms with E-state index in [1.807, 2.05) is 19.2 Å². The lowest BCUT2D eigenvalue weighted by Crippen LogP contribution is -2.63. The second kappa shape index (κ2) is 5.06. The Kier molecular flexibility index (Phi) is 3.65. The lowest BCUT2D eigenvalue weighted by atomic mass is 9.97. The SMILES string of the molecule is CC1NC(=O)C(C(C)C)N(Cc2cscn2)C1=O. The van der Waals surface area contributed by atoms with Gasteiger partial charge in [0.25, 0.3) is 0 Å². The van der Waals surface area contributed by atoms with Crippen LogP contribution in [-0.4, -0.2) is 33.8 Å². The molecule has 0 saturated carbocycles. The third-order valence-electron chi connectivity index (χ3n) is 3.06. The van der Waals surface area contributed by atoms with Gasteiger partial charge in [-0.2, -0.15) is 0 Å². The number of piperazine rings is 1. The first-order valence-electron chi connectivity index (χ1n) is 5.98. The molecule has 98 valence electrons. The van der Waals surface area contributed by atoms with Crippen molar-refractivity contribution in [3.05, 3.63) is 16.6 Å². The predicted molar refractivity (Wildman–Crippen MR) is 68.9 cm³/mol. The zero-order valence-corrected chi connectivity index (χ0v) is 11.5. The van der Waals surface area contributed by atoms with Gasteiger partial charge >= 0.3 is 0 Å². The smallest absolute Gasteiger partial charge is 0.245 e. The number of nitrogens with zero attached hydrogens (tertiary/aromatic N) is 2. The lowest BCUT2D eigenvalue weighted by molar-refractivity contribution is -0.151. The maximum atomic E-state index is 12.2. The van der Waals surface area contributed by atoms with E-state index in [1.54, 1.807) is 17.3 Å². The molecule has 1 aromatic rings. The molecule has 2 atom stereocenters. The monoisotopic (exact) mass is 267 g/mol. The number of rotatable bonds is 3. The van der Waals surface area contributed by atoms with E-state index in [-0.39, 0.29) is 17.7 Å². The minimum Gasteiger partial charge on any atom is -0.343 e. The number of carbonyl (C=O) groups is 2. The fourth-order valence-electron chi connectivity index (χ4n) is 2.22. The highest BCUT2D eigenvalue weighted by Crippen LogP contribution is 2.20. The molecule has 0 aromatic carbocycles. The molecule has 5 nitrogen and oxygen atoms in total. The van der Waals surface area contributed by atoms with E-state index >= 15 is 0 Å². The molecule has 2 heterocycles. The number of hydrogen-bond donors (Lipinski definition) is 1. The van der Waals surface area contributed by atoms with E-state index in [0.29, 0.717) is 6.54 Å². The zero-order valence-electron chi connectivity index (χ0n) is 10.7. The Morgan fingerprint density at radius 3 is 2.78 bits per heavy atom. The lowest BCUT2D eigenvalue weighted by Gasteiger charge is -2.39. The molecule has 1 N–H and O–H groups in total. The van der Waals surface area contributed by atoms with Gasteiger partial charge in [-0.3, -0.25) is 9.59 Å². The first-order chi connectivity index (χ1) is 8.50. The Morgan fingerprint density at radius 2 is 2.22 bits per heavy atom. The topological polar surface area (TPSA) is 62.3 Å². The number of thiazole rings is 1. The summed E-state index contributed by atoms with van der Waals surface area (Å²) in [5, 5.41) is 4.63. The van der Waals surface area contributed by atoms with Crippen LogP contribution < -0.4 is 5.32 Å². The summed E-state index contributed by atoms with van der Waals surface area (Å²) in [5.41, 5.74) is 2.57. The number of amides is 2. The number of carbonyl (C=O) groups excluding carboxylic acids is 2. The molecule has 0 radical (unpaired) electrons. The molecular weight excluding hydrogens is 250 g/mol. The molecule has 1 aliphatic rings. The molecule has 2 amide bonds. The van der Waals surface area contributed by atoms with E-state index in [2.05, 4.69) is 10.3 Å². The van der Waals surface area contributed by atoms with Gasteiger partial charge < -0.3 is 10.2 Å². The summed E-state index contributed by atoms with van der Waals surface area (Å²) in [5.74, 6) is -0.0336. The van der Waals surface area contributed by atoms with Crippen molar-refractivity contribution < 1.29 is 9.59 Å². The summed E-state index contributed by atoms with van der Waals surface area (Å²) in [6, 6.07) is -0.860. The van der Waals surface area contributed by atoms with Crippen molar-refractivity contribution in [3.63, 3.8) is 0 Å². The Labute approximate surface area is 110 Å². The van der Waals surface area contributed by atoms with Crippen molar-refractivity contribution in [1.29, 1.82) is 0 Å². The van der Waals surface area contributed by atoms with Crippen LogP contribution >= 0.6 is 11.3 Å². The molecule has 0 aliphatic carbocycles. The number of hydrogen-bond acceptors (Lipinski definition) is 4. The third-order valence-corrected chi connectivity index (χ3v) is 3.70. The largest absolute Gasteiger partial charge is 0.343 e. The Morgan fingerprint density at radius 1 is 1.50 bits per heavy atom. The molecule has 1 aliphatic heterocycles. The van der Waals surface area contributed by atoms with E-state index in [9.17, 15) is 9.59 Å². The average Bonchev–Trinajstić information content (AvgIpc) is 2.77. The first kappa shape index (κ1) is 13.0. The molecule has 0 bridgehead atoms. The van der Waals surface area contributed by atoms with Gasteiger partial charge in [0.05, 0.1) is 17.7 Å². The van der Waals surface area contributed by atoms with Gasteiger partial charge in [-0.05, 0) is 12.8 Å². The molecule has 0 spiro atoms. The third kappa shape index (κ3) is 2.38. The summed E-state index contributed by atoms with van der Waals surface area (Å²) in [6.45, 7) is 6.01. The van der Waals surface area contributed by atoms with Crippen LogP contribution in [-0.2, 0) is 16.1 Å². The van der Waals surface area contributed by atoms with Crippen LogP contribution in [0.3, 0.4) is 0 Å².